The summed E-state index contributed by atoms with van der Waals surface area (Å²) in [5.74, 6) is -2.92. The number of aliphatic carboxylic acids is 1. The Morgan fingerprint density at radius 1 is 1.00 bits per heavy atom. The van der Waals surface area contributed by atoms with Crippen molar-refractivity contribution in [1.29, 1.82) is 0 Å². The number of hydrogen-bond donors (Lipinski definition) is 3. The third-order valence-electron chi connectivity index (χ3n) is 5.16. The van der Waals surface area contributed by atoms with Gasteiger partial charge < -0.3 is 25.2 Å². The lowest BCUT2D eigenvalue weighted by atomic mass is 9.98. The van der Waals surface area contributed by atoms with Gasteiger partial charge in [0, 0.05) is 12.5 Å². The Hall–Kier alpha value is -3.60. The molecule has 0 radical (unpaired) electrons. The third-order valence-corrected chi connectivity index (χ3v) is 5.16. The van der Waals surface area contributed by atoms with Crippen molar-refractivity contribution in [3.05, 3.63) is 59.7 Å². The Morgan fingerprint density at radius 2 is 1.59 bits per heavy atom. The monoisotopic (exact) mass is 480 g/mol. The Labute approximate surface area is 193 Å². The first-order valence-electron chi connectivity index (χ1n) is 10.4. The standard InChI is InChI=1S/C23H23F3N2O6/c24-23(25,26)11-19(21(30)31)28-20(29)13-33-10-9-27-22(32)34-12-18-16-7-3-1-5-14(16)15-6-2-4-8-17(15)18/h1-8,18-19H,9-13H2,(H,27,32)(H,28,29)(H,30,31). The molecule has 1 aliphatic carbocycles. The van der Waals surface area contributed by atoms with Gasteiger partial charge in [-0.05, 0) is 22.3 Å². The molecule has 3 N–H and O–H groups in total. The lowest BCUT2D eigenvalue weighted by Gasteiger charge is -2.16. The van der Waals surface area contributed by atoms with Crippen molar-refractivity contribution in [1.82, 2.24) is 10.6 Å². The zero-order valence-electron chi connectivity index (χ0n) is 17.9. The number of rotatable bonds is 10. The number of hydrogen-bond acceptors (Lipinski definition) is 5. The average Bonchev–Trinajstić information content (AvgIpc) is 3.10. The molecule has 0 saturated carbocycles. The smallest absolute Gasteiger partial charge is 0.407 e. The molecule has 11 heteroatoms. The molecular weight excluding hydrogens is 457 g/mol. The Bertz CT molecular complexity index is 998. The van der Waals surface area contributed by atoms with Crippen LogP contribution in [0.3, 0.4) is 0 Å². The molecule has 1 unspecified atom stereocenters. The van der Waals surface area contributed by atoms with Gasteiger partial charge in [0.1, 0.15) is 19.3 Å². The van der Waals surface area contributed by atoms with Crippen molar-refractivity contribution in [2.45, 2.75) is 24.6 Å². The van der Waals surface area contributed by atoms with E-state index in [1.165, 1.54) is 0 Å². The van der Waals surface area contributed by atoms with Crippen LogP contribution in [0.1, 0.15) is 23.5 Å². The summed E-state index contributed by atoms with van der Waals surface area (Å²) in [5, 5.41) is 13.0. The van der Waals surface area contributed by atoms with Crippen LogP contribution in [-0.2, 0) is 19.1 Å². The van der Waals surface area contributed by atoms with Gasteiger partial charge in [0.15, 0.2) is 0 Å². The van der Waals surface area contributed by atoms with Crippen LogP contribution >= 0.6 is 0 Å². The molecule has 182 valence electrons. The van der Waals surface area contributed by atoms with Crippen molar-refractivity contribution in [2.75, 3.05) is 26.4 Å². The molecule has 1 aliphatic rings. The molecule has 0 aliphatic heterocycles. The summed E-state index contributed by atoms with van der Waals surface area (Å²) in [5.41, 5.74) is 4.32. The minimum Gasteiger partial charge on any atom is -0.480 e. The molecule has 1 atom stereocenters. The van der Waals surface area contributed by atoms with E-state index in [0.29, 0.717) is 0 Å². The molecule has 2 aromatic rings. The van der Waals surface area contributed by atoms with Crippen LogP contribution < -0.4 is 10.6 Å². The zero-order valence-corrected chi connectivity index (χ0v) is 17.9. The van der Waals surface area contributed by atoms with Crippen molar-refractivity contribution in [3.8, 4) is 11.1 Å². The number of alkyl carbamates (subject to hydrolysis) is 1. The molecule has 8 nitrogen and oxygen atoms in total. The van der Waals surface area contributed by atoms with Gasteiger partial charge in [-0.2, -0.15) is 13.2 Å². The molecule has 0 spiro atoms. The maximum Gasteiger partial charge on any atom is 0.407 e. The molecular formula is C23H23F3N2O6. The number of carboxylic acids is 1. The quantitative estimate of drug-likeness (QED) is 0.451. The van der Waals surface area contributed by atoms with Crippen LogP contribution in [0.5, 0.6) is 0 Å². The predicted molar refractivity (Wildman–Crippen MR) is 114 cm³/mol. The first-order chi connectivity index (χ1) is 16.2. The lowest BCUT2D eigenvalue weighted by Crippen LogP contribution is -2.45. The van der Waals surface area contributed by atoms with Crippen molar-refractivity contribution < 1.29 is 42.1 Å². The number of fused-ring (bicyclic) bond motifs is 3. The van der Waals surface area contributed by atoms with Gasteiger partial charge in [-0.25, -0.2) is 9.59 Å². The van der Waals surface area contributed by atoms with E-state index >= 15 is 0 Å². The number of ether oxygens (including phenoxy) is 2. The number of amides is 2. The molecule has 3 rings (SSSR count). The van der Waals surface area contributed by atoms with E-state index in [4.69, 9.17) is 14.6 Å². The van der Waals surface area contributed by atoms with Crippen LogP contribution in [0.25, 0.3) is 11.1 Å². The fourth-order valence-electron chi connectivity index (χ4n) is 3.71. The van der Waals surface area contributed by atoms with Gasteiger partial charge in [-0.3, -0.25) is 4.79 Å². The van der Waals surface area contributed by atoms with Crippen LogP contribution in [0, 0.1) is 0 Å². The van der Waals surface area contributed by atoms with Gasteiger partial charge in [0.05, 0.1) is 13.0 Å². The number of halogens is 3. The van der Waals surface area contributed by atoms with E-state index in [1.54, 1.807) is 5.32 Å². The van der Waals surface area contributed by atoms with Crippen LogP contribution in [0.15, 0.2) is 48.5 Å². The normalized spacial score (nSPS) is 13.5. The van der Waals surface area contributed by atoms with Gasteiger partial charge in [0.2, 0.25) is 5.91 Å². The highest BCUT2D eigenvalue weighted by molar-refractivity contribution is 5.84. The molecule has 2 aromatic carbocycles. The fraction of sp³-hybridized carbons (Fsp3) is 0.348. The summed E-state index contributed by atoms with van der Waals surface area (Å²) in [6.45, 7) is -0.684. The van der Waals surface area contributed by atoms with Crippen LogP contribution in [0.2, 0.25) is 0 Å². The van der Waals surface area contributed by atoms with E-state index in [9.17, 15) is 27.6 Å². The second kappa shape index (κ2) is 11.0. The predicted octanol–water partition coefficient (Wildman–Crippen LogP) is 3.06. The molecule has 2 amide bonds. The SMILES string of the molecule is O=C(COCCNC(=O)OCC1c2ccccc2-c2ccccc21)NC(CC(F)(F)F)C(=O)O. The van der Waals surface area contributed by atoms with Crippen LogP contribution in [-0.4, -0.2) is 61.7 Å². The molecule has 34 heavy (non-hydrogen) atoms. The Morgan fingerprint density at radius 3 is 2.15 bits per heavy atom. The van der Waals surface area contributed by atoms with Gasteiger partial charge >= 0.3 is 18.2 Å². The number of carbonyl (C=O) groups is 3. The zero-order chi connectivity index (χ0) is 24.7. The van der Waals surface area contributed by atoms with Crippen molar-refractivity contribution >= 4 is 18.0 Å². The summed E-state index contributed by atoms with van der Waals surface area (Å²) in [7, 11) is 0. The summed E-state index contributed by atoms with van der Waals surface area (Å²) in [6.07, 6.45) is -7.13. The maximum atomic E-state index is 12.4. The summed E-state index contributed by atoms with van der Waals surface area (Å²) in [6, 6.07) is 13.7. The first-order valence-corrected chi connectivity index (χ1v) is 10.4. The lowest BCUT2D eigenvalue weighted by molar-refractivity contribution is -0.160. The van der Waals surface area contributed by atoms with E-state index in [-0.39, 0.29) is 25.7 Å². The number of nitrogens with one attached hydrogen (secondary N) is 2. The summed E-state index contributed by atoms with van der Waals surface area (Å²) in [4.78, 5) is 34.5. The fourth-order valence-corrected chi connectivity index (χ4v) is 3.71. The topological polar surface area (TPSA) is 114 Å². The number of carbonyl (C=O) groups excluding carboxylic acids is 2. The highest BCUT2D eigenvalue weighted by Gasteiger charge is 2.36. The van der Waals surface area contributed by atoms with E-state index in [1.807, 2.05) is 48.5 Å². The second-order valence-electron chi connectivity index (χ2n) is 7.58. The van der Waals surface area contributed by atoms with Gasteiger partial charge in [-0.15, -0.1) is 0 Å². The number of alkyl halides is 3. The van der Waals surface area contributed by atoms with E-state index in [0.717, 1.165) is 22.3 Å². The highest BCUT2D eigenvalue weighted by atomic mass is 19.4. The Balaban J connectivity index is 1.37. The minimum absolute atomic E-state index is 0.0190. The van der Waals surface area contributed by atoms with Crippen molar-refractivity contribution in [3.63, 3.8) is 0 Å². The molecule has 0 fully saturated rings. The molecule has 0 saturated heterocycles. The largest absolute Gasteiger partial charge is 0.480 e. The summed E-state index contributed by atoms with van der Waals surface area (Å²) < 4.78 is 47.4. The first kappa shape index (κ1) is 25.0. The minimum atomic E-state index is -4.75. The maximum absolute atomic E-state index is 12.4. The number of carboxylic acid groups (broad SMARTS) is 1. The molecule has 0 bridgehead atoms. The van der Waals surface area contributed by atoms with Gasteiger partial charge in [-0.1, -0.05) is 48.5 Å². The molecule has 0 heterocycles. The van der Waals surface area contributed by atoms with Crippen LogP contribution in [0.4, 0.5) is 18.0 Å². The highest BCUT2D eigenvalue weighted by Crippen LogP contribution is 2.44. The summed E-state index contributed by atoms with van der Waals surface area (Å²) >= 11 is 0. The van der Waals surface area contributed by atoms with Gasteiger partial charge in [0.25, 0.3) is 0 Å². The number of benzene rings is 2. The van der Waals surface area contributed by atoms with E-state index < -0.39 is 43.2 Å². The second-order valence-corrected chi connectivity index (χ2v) is 7.58. The Kier molecular flexibility index (Phi) is 8.11. The van der Waals surface area contributed by atoms with Crippen molar-refractivity contribution in [2.24, 2.45) is 0 Å². The molecule has 0 aromatic heterocycles. The third kappa shape index (κ3) is 6.70. The van der Waals surface area contributed by atoms with E-state index in [2.05, 4.69) is 5.32 Å². The average molecular weight is 480 g/mol.